The Balaban J connectivity index is 2.09. The third-order valence-electron chi connectivity index (χ3n) is 4.15. The Bertz CT molecular complexity index is 961. The molecule has 0 fully saturated rings. The molecular formula is C20H14N2OS. The summed E-state index contributed by atoms with van der Waals surface area (Å²) >= 11 is 1.78. The lowest BCUT2D eigenvalue weighted by molar-refractivity contribution is 0.397. The van der Waals surface area contributed by atoms with Gasteiger partial charge in [0.25, 0.3) is 0 Å². The van der Waals surface area contributed by atoms with E-state index in [4.69, 9.17) is 4.74 Å². The zero-order chi connectivity index (χ0) is 16.5. The van der Waals surface area contributed by atoms with E-state index < -0.39 is 0 Å². The topological polar surface area (TPSA) is 45.9 Å². The Morgan fingerprint density at radius 2 is 1.83 bits per heavy atom. The monoisotopic (exact) mass is 330 g/mol. The van der Waals surface area contributed by atoms with E-state index in [0.29, 0.717) is 11.4 Å². The molecule has 4 rings (SSSR count). The number of hydrogen-bond donors (Lipinski definition) is 0. The zero-order valence-corrected chi connectivity index (χ0v) is 13.9. The van der Waals surface area contributed by atoms with Crippen LogP contribution in [0, 0.1) is 11.3 Å². The fourth-order valence-corrected chi connectivity index (χ4v) is 4.15. The van der Waals surface area contributed by atoms with Crippen molar-refractivity contribution in [3.05, 3.63) is 65.7 Å². The van der Waals surface area contributed by atoms with E-state index in [1.807, 2.05) is 42.5 Å². The standard InChI is InChI=1S/C20H14N2OS/c1-23-20-15(11-21)18(13-7-3-2-4-8-13)16-12-24-17-10-6-5-9-14(17)19(16)22-20/h2-10H,12H2,1H3. The molecule has 1 aliphatic heterocycles. The highest BCUT2D eigenvalue weighted by Crippen LogP contribution is 2.46. The molecule has 116 valence electrons. The lowest BCUT2D eigenvalue weighted by Crippen LogP contribution is -2.06. The van der Waals surface area contributed by atoms with Crippen LogP contribution in [0.15, 0.2) is 59.5 Å². The van der Waals surface area contributed by atoms with E-state index >= 15 is 0 Å². The normalized spacial score (nSPS) is 12.0. The maximum Gasteiger partial charge on any atom is 0.232 e. The van der Waals surface area contributed by atoms with Gasteiger partial charge in [0, 0.05) is 21.8 Å². The molecule has 1 aliphatic rings. The maximum atomic E-state index is 9.71. The third kappa shape index (κ3) is 2.26. The highest BCUT2D eigenvalue weighted by Gasteiger charge is 2.26. The largest absolute Gasteiger partial charge is 0.480 e. The summed E-state index contributed by atoms with van der Waals surface area (Å²) in [5.41, 5.74) is 5.57. The summed E-state index contributed by atoms with van der Waals surface area (Å²) in [7, 11) is 1.56. The first-order valence-corrected chi connectivity index (χ1v) is 8.60. The van der Waals surface area contributed by atoms with Crippen LogP contribution in [0.25, 0.3) is 22.4 Å². The molecule has 0 bridgehead atoms. The molecule has 3 aromatic rings. The first-order chi connectivity index (χ1) is 11.8. The van der Waals surface area contributed by atoms with E-state index in [9.17, 15) is 5.26 Å². The second-order valence-electron chi connectivity index (χ2n) is 5.46. The number of benzene rings is 2. The summed E-state index contributed by atoms with van der Waals surface area (Å²) in [5.74, 6) is 1.18. The Kier molecular flexibility index (Phi) is 3.72. The molecule has 0 aliphatic carbocycles. The van der Waals surface area contributed by atoms with Crippen LogP contribution in [0.2, 0.25) is 0 Å². The molecule has 2 heterocycles. The fourth-order valence-electron chi connectivity index (χ4n) is 3.08. The summed E-state index contributed by atoms with van der Waals surface area (Å²) in [4.78, 5) is 5.88. The van der Waals surface area contributed by atoms with E-state index in [0.717, 1.165) is 33.7 Å². The molecule has 4 heteroatoms. The SMILES string of the molecule is COc1nc2c(c(-c3ccccc3)c1C#N)CSc1ccccc1-2. The van der Waals surface area contributed by atoms with Gasteiger partial charge in [-0.1, -0.05) is 48.5 Å². The molecular weight excluding hydrogens is 316 g/mol. The Morgan fingerprint density at radius 3 is 2.58 bits per heavy atom. The molecule has 0 N–H and O–H groups in total. The Labute approximate surface area is 144 Å². The second kappa shape index (κ2) is 6.03. The summed E-state index contributed by atoms with van der Waals surface area (Å²) in [5, 5.41) is 9.71. The van der Waals surface area contributed by atoms with Crippen molar-refractivity contribution in [3.8, 4) is 34.3 Å². The van der Waals surface area contributed by atoms with E-state index in [2.05, 4.69) is 23.2 Å². The minimum absolute atomic E-state index is 0.386. The molecule has 0 saturated carbocycles. The van der Waals surface area contributed by atoms with Crippen molar-refractivity contribution in [2.24, 2.45) is 0 Å². The lowest BCUT2D eigenvalue weighted by Gasteiger charge is -2.23. The van der Waals surface area contributed by atoms with Gasteiger partial charge in [-0.05, 0) is 17.2 Å². The molecule has 0 unspecified atom stereocenters. The van der Waals surface area contributed by atoms with Crippen LogP contribution in [-0.2, 0) is 5.75 Å². The number of ether oxygens (including phenoxy) is 1. The molecule has 0 saturated heterocycles. The first-order valence-electron chi connectivity index (χ1n) is 7.62. The maximum absolute atomic E-state index is 9.71. The number of rotatable bonds is 2. The van der Waals surface area contributed by atoms with Crippen molar-refractivity contribution in [1.29, 1.82) is 5.26 Å². The third-order valence-corrected chi connectivity index (χ3v) is 5.25. The number of fused-ring (bicyclic) bond motifs is 3. The van der Waals surface area contributed by atoms with Gasteiger partial charge in [-0.3, -0.25) is 0 Å². The van der Waals surface area contributed by atoms with Gasteiger partial charge in [-0.2, -0.15) is 5.26 Å². The van der Waals surface area contributed by atoms with Crippen molar-refractivity contribution in [2.45, 2.75) is 10.6 Å². The summed E-state index contributed by atoms with van der Waals surface area (Å²) in [6.07, 6.45) is 0. The fraction of sp³-hybridized carbons (Fsp3) is 0.100. The van der Waals surface area contributed by atoms with Crippen LogP contribution in [-0.4, -0.2) is 12.1 Å². The number of methoxy groups -OCH3 is 1. The molecule has 3 nitrogen and oxygen atoms in total. The molecule has 0 spiro atoms. The number of nitriles is 1. The van der Waals surface area contributed by atoms with Crippen molar-refractivity contribution in [1.82, 2.24) is 4.98 Å². The van der Waals surface area contributed by atoms with Gasteiger partial charge in [0.05, 0.1) is 12.8 Å². The average molecular weight is 330 g/mol. The Hall–Kier alpha value is -2.77. The van der Waals surface area contributed by atoms with E-state index in [1.54, 1.807) is 18.9 Å². The van der Waals surface area contributed by atoms with Crippen molar-refractivity contribution >= 4 is 11.8 Å². The molecule has 0 radical (unpaired) electrons. The van der Waals surface area contributed by atoms with Gasteiger partial charge in [-0.25, -0.2) is 4.98 Å². The predicted octanol–water partition coefficient (Wildman–Crippen LogP) is 4.90. The highest BCUT2D eigenvalue weighted by molar-refractivity contribution is 7.98. The van der Waals surface area contributed by atoms with Crippen LogP contribution in [0.3, 0.4) is 0 Å². The predicted molar refractivity (Wildman–Crippen MR) is 95.9 cm³/mol. The summed E-state index contributed by atoms with van der Waals surface area (Å²) in [6, 6.07) is 20.5. The van der Waals surface area contributed by atoms with Gasteiger partial charge >= 0.3 is 0 Å². The van der Waals surface area contributed by atoms with Gasteiger partial charge in [0.15, 0.2) is 0 Å². The zero-order valence-electron chi connectivity index (χ0n) is 13.1. The number of nitrogens with zero attached hydrogens (tertiary/aromatic N) is 2. The van der Waals surface area contributed by atoms with E-state index in [1.165, 1.54) is 4.90 Å². The Morgan fingerprint density at radius 1 is 1.08 bits per heavy atom. The number of thioether (sulfide) groups is 1. The summed E-state index contributed by atoms with van der Waals surface area (Å²) < 4.78 is 5.44. The minimum atomic E-state index is 0.386. The lowest BCUT2D eigenvalue weighted by atomic mass is 9.93. The van der Waals surface area contributed by atoms with Crippen LogP contribution >= 0.6 is 11.8 Å². The van der Waals surface area contributed by atoms with Gasteiger partial charge in [0.2, 0.25) is 5.88 Å². The highest BCUT2D eigenvalue weighted by atomic mass is 32.2. The van der Waals surface area contributed by atoms with Crippen molar-refractivity contribution in [3.63, 3.8) is 0 Å². The van der Waals surface area contributed by atoms with E-state index in [-0.39, 0.29) is 0 Å². The minimum Gasteiger partial charge on any atom is -0.480 e. The van der Waals surface area contributed by atoms with Crippen molar-refractivity contribution < 1.29 is 4.74 Å². The average Bonchev–Trinajstić information content (AvgIpc) is 2.66. The van der Waals surface area contributed by atoms with Gasteiger partial charge < -0.3 is 4.74 Å². The van der Waals surface area contributed by atoms with Crippen LogP contribution in [0.5, 0.6) is 5.88 Å². The molecule has 1 aromatic heterocycles. The molecule has 0 atom stereocenters. The van der Waals surface area contributed by atoms with Crippen LogP contribution in [0.1, 0.15) is 11.1 Å². The number of hydrogen-bond acceptors (Lipinski definition) is 4. The number of aromatic nitrogens is 1. The second-order valence-corrected chi connectivity index (χ2v) is 6.48. The molecule has 0 amide bonds. The van der Waals surface area contributed by atoms with Crippen LogP contribution < -0.4 is 4.74 Å². The quantitative estimate of drug-likeness (QED) is 0.670. The first kappa shape index (κ1) is 14.8. The summed E-state index contributed by atoms with van der Waals surface area (Å²) in [6.45, 7) is 0. The smallest absolute Gasteiger partial charge is 0.232 e. The van der Waals surface area contributed by atoms with Gasteiger partial charge in [0.1, 0.15) is 11.6 Å². The van der Waals surface area contributed by atoms with Crippen molar-refractivity contribution in [2.75, 3.05) is 7.11 Å². The molecule has 24 heavy (non-hydrogen) atoms. The molecule has 2 aromatic carbocycles. The van der Waals surface area contributed by atoms with Gasteiger partial charge in [-0.15, -0.1) is 11.8 Å². The number of pyridine rings is 1. The van der Waals surface area contributed by atoms with Crippen LogP contribution in [0.4, 0.5) is 0 Å².